The van der Waals surface area contributed by atoms with Crippen LogP contribution in [0.15, 0.2) is 34.9 Å². The van der Waals surface area contributed by atoms with Gasteiger partial charge in [-0.1, -0.05) is 18.2 Å². The van der Waals surface area contributed by atoms with E-state index in [1.165, 1.54) is 18.2 Å². The van der Waals surface area contributed by atoms with Gasteiger partial charge in [0.2, 0.25) is 0 Å². The largest absolute Gasteiger partial charge is 0.464 e. The standard InChI is InChI=1S/C13H13F2NO2/c1-16(7-13(14)15)6-11(17)10-8-18-12-5-3-2-4-9(10)12/h2-5,8,13H,6-7H2,1H3. The summed E-state index contributed by atoms with van der Waals surface area (Å²) in [6.45, 7) is -0.463. The molecule has 18 heavy (non-hydrogen) atoms. The number of carbonyl (C=O) groups excluding carboxylic acids is 1. The third-order valence-corrected chi connectivity index (χ3v) is 2.64. The van der Waals surface area contributed by atoms with Crippen molar-refractivity contribution in [2.75, 3.05) is 20.1 Å². The first-order valence-corrected chi connectivity index (χ1v) is 5.54. The van der Waals surface area contributed by atoms with Gasteiger partial charge in [0.1, 0.15) is 11.8 Å². The molecule has 0 unspecified atom stereocenters. The lowest BCUT2D eigenvalue weighted by Gasteiger charge is -2.14. The highest BCUT2D eigenvalue weighted by Crippen LogP contribution is 2.21. The average Bonchev–Trinajstić information content (AvgIpc) is 2.71. The molecule has 0 fully saturated rings. The van der Waals surface area contributed by atoms with Gasteiger partial charge < -0.3 is 4.42 Å². The third-order valence-electron chi connectivity index (χ3n) is 2.64. The smallest absolute Gasteiger partial charge is 0.251 e. The van der Waals surface area contributed by atoms with E-state index in [9.17, 15) is 13.6 Å². The summed E-state index contributed by atoms with van der Waals surface area (Å²) < 4.78 is 29.6. The number of rotatable bonds is 5. The molecule has 0 atom stereocenters. The van der Waals surface area contributed by atoms with Crippen molar-refractivity contribution in [3.05, 3.63) is 36.1 Å². The Bertz CT molecular complexity index is 551. The van der Waals surface area contributed by atoms with Crippen LogP contribution in [0.25, 0.3) is 11.0 Å². The van der Waals surface area contributed by atoms with E-state index in [0.717, 1.165) is 0 Å². The maximum atomic E-state index is 12.2. The van der Waals surface area contributed by atoms with E-state index in [1.807, 2.05) is 6.07 Å². The van der Waals surface area contributed by atoms with E-state index in [4.69, 9.17) is 4.42 Å². The Morgan fingerprint density at radius 3 is 2.83 bits per heavy atom. The van der Waals surface area contributed by atoms with Crippen molar-refractivity contribution < 1.29 is 18.0 Å². The molecule has 0 bridgehead atoms. The van der Waals surface area contributed by atoms with Gasteiger partial charge in [0.25, 0.3) is 6.43 Å². The number of hydrogen-bond acceptors (Lipinski definition) is 3. The first kappa shape index (κ1) is 12.7. The molecule has 1 aromatic heterocycles. The Balaban J connectivity index is 2.14. The highest BCUT2D eigenvalue weighted by molar-refractivity contribution is 6.08. The van der Waals surface area contributed by atoms with Crippen molar-refractivity contribution in [3.63, 3.8) is 0 Å². The fraction of sp³-hybridized carbons (Fsp3) is 0.308. The van der Waals surface area contributed by atoms with Gasteiger partial charge in [-0.3, -0.25) is 9.69 Å². The normalized spacial score (nSPS) is 11.6. The Morgan fingerprint density at radius 2 is 2.11 bits per heavy atom. The Hall–Kier alpha value is -1.75. The summed E-state index contributed by atoms with van der Waals surface area (Å²) in [7, 11) is 1.49. The number of Topliss-reactive ketones (excluding diaryl/α,β-unsaturated/α-hetero) is 1. The molecule has 1 heterocycles. The van der Waals surface area contributed by atoms with Crippen LogP contribution in [0.5, 0.6) is 0 Å². The van der Waals surface area contributed by atoms with Crippen molar-refractivity contribution in [2.24, 2.45) is 0 Å². The SMILES string of the molecule is CN(CC(=O)c1coc2ccccc12)CC(F)F. The quantitative estimate of drug-likeness (QED) is 0.768. The predicted octanol–water partition coefficient (Wildman–Crippen LogP) is 2.81. The molecule has 0 saturated carbocycles. The second-order valence-electron chi connectivity index (χ2n) is 4.16. The van der Waals surface area contributed by atoms with Gasteiger partial charge in [-0.15, -0.1) is 0 Å². The fourth-order valence-corrected chi connectivity index (χ4v) is 1.82. The first-order chi connectivity index (χ1) is 8.58. The van der Waals surface area contributed by atoms with Crippen LogP contribution in [0.1, 0.15) is 10.4 Å². The summed E-state index contributed by atoms with van der Waals surface area (Å²) in [5.41, 5.74) is 1.06. The topological polar surface area (TPSA) is 33.5 Å². The summed E-state index contributed by atoms with van der Waals surface area (Å²) in [5, 5.41) is 0.716. The molecule has 0 N–H and O–H groups in total. The molecule has 2 rings (SSSR count). The molecule has 0 aliphatic rings. The summed E-state index contributed by atoms with van der Waals surface area (Å²) in [5.74, 6) is -0.219. The van der Waals surface area contributed by atoms with E-state index in [0.29, 0.717) is 16.5 Å². The minimum absolute atomic E-state index is 0.0478. The molecule has 0 radical (unpaired) electrons. The second-order valence-corrected chi connectivity index (χ2v) is 4.16. The lowest BCUT2D eigenvalue weighted by molar-refractivity contribution is 0.0820. The first-order valence-electron chi connectivity index (χ1n) is 5.54. The van der Waals surface area contributed by atoms with Crippen LogP contribution in [-0.2, 0) is 0 Å². The van der Waals surface area contributed by atoms with Crippen molar-refractivity contribution >= 4 is 16.8 Å². The summed E-state index contributed by atoms with van der Waals surface area (Å²) in [6.07, 6.45) is -1.06. The number of carbonyl (C=O) groups is 1. The minimum atomic E-state index is -2.44. The zero-order valence-electron chi connectivity index (χ0n) is 9.90. The number of ketones is 1. The van der Waals surface area contributed by atoms with Gasteiger partial charge in [-0.2, -0.15) is 0 Å². The molecule has 0 aliphatic heterocycles. The Kier molecular flexibility index (Phi) is 3.72. The number of hydrogen-bond donors (Lipinski definition) is 0. The van der Waals surface area contributed by atoms with Gasteiger partial charge in [-0.05, 0) is 13.1 Å². The number of fused-ring (bicyclic) bond motifs is 1. The zero-order chi connectivity index (χ0) is 13.1. The number of nitrogens with zero attached hydrogens (tertiary/aromatic N) is 1. The van der Waals surface area contributed by atoms with Crippen molar-refractivity contribution in [1.29, 1.82) is 0 Å². The highest BCUT2D eigenvalue weighted by Gasteiger charge is 2.16. The van der Waals surface area contributed by atoms with E-state index in [1.54, 1.807) is 18.2 Å². The van der Waals surface area contributed by atoms with E-state index in [2.05, 4.69) is 0 Å². The number of para-hydroxylation sites is 1. The number of alkyl halides is 2. The average molecular weight is 253 g/mol. The van der Waals surface area contributed by atoms with E-state index >= 15 is 0 Å². The lowest BCUT2D eigenvalue weighted by Crippen LogP contribution is -2.30. The fourth-order valence-electron chi connectivity index (χ4n) is 1.82. The minimum Gasteiger partial charge on any atom is -0.464 e. The molecule has 96 valence electrons. The van der Waals surface area contributed by atoms with E-state index in [-0.39, 0.29) is 12.3 Å². The van der Waals surface area contributed by atoms with Gasteiger partial charge in [0, 0.05) is 5.39 Å². The zero-order valence-corrected chi connectivity index (χ0v) is 9.90. The van der Waals surface area contributed by atoms with Crippen LogP contribution in [0, 0.1) is 0 Å². The van der Waals surface area contributed by atoms with Crippen LogP contribution in [0.4, 0.5) is 8.78 Å². The summed E-state index contributed by atoms with van der Waals surface area (Å²) in [6, 6.07) is 7.15. The Labute approximate surface area is 103 Å². The van der Waals surface area contributed by atoms with Crippen molar-refractivity contribution in [1.82, 2.24) is 4.90 Å². The van der Waals surface area contributed by atoms with Crippen LogP contribution in [-0.4, -0.2) is 37.2 Å². The second kappa shape index (κ2) is 5.27. The van der Waals surface area contributed by atoms with Gasteiger partial charge >= 0.3 is 0 Å². The van der Waals surface area contributed by atoms with Crippen molar-refractivity contribution in [3.8, 4) is 0 Å². The molecule has 5 heteroatoms. The molecule has 0 aliphatic carbocycles. The summed E-state index contributed by atoms with van der Waals surface area (Å²) >= 11 is 0. The van der Waals surface area contributed by atoms with Gasteiger partial charge in [0.15, 0.2) is 5.78 Å². The number of benzene rings is 1. The monoisotopic (exact) mass is 253 g/mol. The third kappa shape index (κ3) is 2.73. The van der Waals surface area contributed by atoms with Gasteiger partial charge in [-0.25, -0.2) is 8.78 Å². The number of halogens is 2. The van der Waals surface area contributed by atoms with Crippen LogP contribution < -0.4 is 0 Å². The van der Waals surface area contributed by atoms with E-state index < -0.39 is 13.0 Å². The summed E-state index contributed by atoms with van der Waals surface area (Å²) in [4.78, 5) is 13.3. The molecule has 0 amide bonds. The maximum Gasteiger partial charge on any atom is 0.251 e. The molecule has 3 nitrogen and oxygen atoms in total. The van der Waals surface area contributed by atoms with Crippen molar-refractivity contribution in [2.45, 2.75) is 6.43 Å². The molecular formula is C13H13F2NO2. The lowest BCUT2D eigenvalue weighted by atomic mass is 10.1. The van der Waals surface area contributed by atoms with Crippen LogP contribution in [0.3, 0.4) is 0 Å². The Morgan fingerprint density at radius 1 is 1.39 bits per heavy atom. The maximum absolute atomic E-state index is 12.2. The van der Waals surface area contributed by atoms with Crippen LogP contribution >= 0.6 is 0 Å². The molecular weight excluding hydrogens is 240 g/mol. The molecule has 0 saturated heterocycles. The molecule has 1 aromatic carbocycles. The van der Waals surface area contributed by atoms with Crippen LogP contribution in [0.2, 0.25) is 0 Å². The highest BCUT2D eigenvalue weighted by atomic mass is 19.3. The molecule has 0 spiro atoms. The predicted molar refractivity (Wildman–Crippen MR) is 64.0 cm³/mol. The van der Waals surface area contributed by atoms with Gasteiger partial charge in [0.05, 0.1) is 18.7 Å². The number of furan rings is 1. The number of likely N-dealkylation sites (N-methyl/N-ethyl adjacent to an activating group) is 1. The molecule has 2 aromatic rings.